The smallest absolute Gasteiger partial charge is 0.313 e. The van der Waals surface area contributed by atoms with Crippen molar-refractivity contribution >= 4 is 17.7 Å². The third kappa shape index (κ3) is 4.41. The van der Waals surface area contributed by atoms with E-state index in [9.17, 15) is 14.4 Å². The zero-order chi connectivity index (χ0) is 15.2. The molecular formula is C16H19NO4. The molecule has 5 heteroatoms. The molecule has 5 nitrogen and oxygen atoms in total. The molecule has 1 heterocycles. The topological polar surface area (TPSA) is 63.7 Å². The Balaban J connectivity index is 1.82. The van der Waals surface area contributed by atoms with Gasteiger partial charge in [-0.25, -0.2) is 0 Å². The van der Waals surface area contributed by atoms with E-state index in [0.29, 0.717) is 31.5 Å². The van der Waals surface area contributed by atoms with E-state index < -0.39 is 5.97 Å². The van der Waals surface area contributed by atoms with Crippen molar-refractivity contribution in [1.82, 2.24) is 4.90 Å². The number of rotatable bonds is 4. The molecule has 112 valence electrons. The summed E-state index contributed by atoms with van der Waals surface area (Å²) in [5.74, 6) is -0.670. The highest BCUT2D eigenvalue weighted by Gasteiger charge is 2.25. The lowest BCUT2D eigenvalue weighted by Gasteiger charge is -2.31. The largest absolute Gasteiger partial charge is 0.462 e. The number of nitrogens with zero attached hydrogens (tertiary/aromatic N) is 1. The van der Waals surface area contributed by atoms with Crippen LogP contribution in [-0.2, 0) is 14.3 Å². The molecule has 0 saturated carbocycles. The molecule has 1 aliphatic heterocycles. The molecule has 0 spiro atoms. The SMILES string of the molecule is CC(=O)CC(=O)OC1CCN(C(=O)c2ccccc2)CC1. The van der Waals surface area contributed by atoms with Gasteiger partial charge in [-0.15, -0.1) is 0 Å². The van der Waals surface area contributed by atoms with Gasteiger partial charge in [-0.2, -0.15) is 0 Å². The van der Waals surface area contributed by atoms with Crippen LogP contribution < -0.4 is 0 Å². The van der Waals surface area contributed by atoms with Crippen LogP contribution in [0, 0.1) is 0 Å². The van der Waals surface area contributed by atoms with Crippen LogP contribution in [0.2, 0.25) is 0 Å². The third-order valence-electron chi connectivity index (χ3n) is 3.44. The van der Waals surface area contributed by atoms with Crippen molar-refractivity contribution in [2.24, 2.45) is 0 Å². The zero-order valence-corrected chi connectivity index (χ0v) is 12.1. The van der Waals surface area contributed by atoms with E-state index in [1.165, 1.54) is 6.92 Å². The van der Waals surface area contributed by atoms with Crippen molar-refractivity contribution in [3.05, 3.63) is 35.9 Å². The summed E-state index contributed by atoms with van der Waals surface area (Å²) >= 11 is 0. The number of Topliss-reactive ketones (excluding diaryl/α,β-unsaturated/α-hetero) is 1. The van der Waals surface area contributed by atoms with Gasteiger partial charge < -0.3 is 9.64 Å². The number of amides is 1. The fraction of sp³-hybridized carbons (Fsp3) is 0.438. The second kappa shape index (κ2) is 7.02. The number of ketones is 1. The fourth-order valence-electron chi connectivity index (χ4n) is 2.37. The standard InChI is InChI=1S/C16H19NO4/c1-12(18)11-15(19)21-14-7-9-17(10-8-14)16(20)13-5-3-2-4-6-13/h2-6,14H,7-11H2,1H3. The maximum absolute atomic E-state index is 12.2. The Kier molecular flexibility index (Phi) is 5.09. The van der Waals surface area contributed by atoms with Crippen molar-refractivity contribution in [1.29, 1.82) is 0 Å². The van der Waals surface area contributed by atoms with Gasteiger partial charge in [-0.3, -0.25) is 14.4 Å². The Bertz CT molecular complexity index is 518. The van der Waals surface area contributed by atoms with E-state index >= 15 is 0 Å². The second-order valence-electron chi connectivity index (χ2n) is 5.23. The molecule has 21 heavy (non-hydrogen) atoms. The average Bonchev–Trinajstić information content (AvgIpc) is 2.47. The van der Waals surface area contributed by atoms with Crippen LogP contribution in [0.3, 0.4) is 0 Å². The molecule has 1 saturated heterocycles. The molecule has 0 aliphatic carbocycles. The molecule has 0 N–H and O–H groups in total. The predicted molar refractivity (Wildman–Crippen MR) is 76.8 cm³/mol. The van der Waals surface area contributed by atoms with Gasteiger partial charge in [0, 0.05) is 31.5 Å². The molecule has 1 aromatic carbocycles. The van der Waals surface area contributed by atoms with Crippen LogP contribution in [0.1, 0.15) is 36.5 Å². The number of carbonyl (C=O) groups excluding carboxylic acids is 3. The first-order valence-electron chi connectivity index (χ1n) is 7.09. The number of piperidine rings is 1. The summed E-state index contributed by atoms with van der Waals surface area (Å²) in [5, 5.41) is 0. The minimum atomic E-state index is -0.477. The molecule has 1 fully saturated rings. The van der Waals surface area contributed by atoms with Gasteiger partial charge in [0.2, 0.25) is 0 Å². The van der Waals surface area contributed by atoms with E-state index in [-0.39, 0.29) is 24.2 Å². The molecular weight excluding hydrogens is 270 g/mol. The monoisotopic (exact) mass is 289 g/mol. The number of likely N-dealkylation sites (tertiary alicyclic amines) is 1. The first kappa shape index (κ1) is 15.2. The van der Waals surface area contributed by atoms with Gasteiger partial charge in [0.05, 0.1) is 0 Å². The molecule has 0 radical (unpaired) electrons. The lowest BCUT2D eigenvalue weighted by molar-refractivity contribution is -0.152. The van der Waals surface area contributed by atoms with Crippen molar-refractivity contribution in [3.63, 3.8) is 0 Å². The normalized spacial score (nSPS) is 15.6. The molecule has 0 atom stereocenters. The average molecular weight is 289 g/mol. The molecule has 0 unspecified atom stereocenters. The van der Waals surface area contributed by atoms with Crippen molar-refractivity contribution in [3.8, 4) is 0 Å². The summed E-state index contributed by atoms with van der Waals surface area (Å²) in [6.45, 7) is 2.49. The summed E-state index contributed by atoms with van der Waals surface area (Å²) in [5.41, 5.74) is 0.671. The molecule has 1 amide bonds. The van der Waals surface area contributed by atoms with Crippen molar-refractivity contribution in [2.45, 2.75) is 32.3 Å². The molecule has 1 aromatic rings. The quantitative estimate of drug-likeness (QED) is 0.626. The van der Waals surface area contributed by atoms with Crippen LogP contribution in [0.25, 0.3) is 0 Å². The highest BCUT2D eigenvalue weighted by atomic mass is 16.5. The van der Waals surface area contributed by atoms with Crippen LogP contribution in [-0.4, -0.2) is 41.8 Å². The second-order valence-corrected chi connectivity index (χ2v) is 5.23. The minimum absolute atomic E-state index is 0.00381. The third-order valence-corrected chi connectivity index (χ3v) is 3.44. The predicted octanol–water partition coefficient (Wildman–Crippen LogP) is 1.81. The fourth-order valence-corrected chi connectivity index (χ4v) is 2.37. The number of hydrogen-bond donors (Lipinski definition) is 0. The van der Waals surface area contributed by atoms with E-state index in [4.69, 9.17) is 4.74 Å². The zero-order valence-electron chi connectivity index (χ0n) is 12.1. The number of hydrogen-bond acceptors (Lipinski definition) is 4. The van der Waals surface area contributed by atoms with Crippen LogP contribution >= 0.6 is 0 Å². The minimum Gasteiger partial charge on any atom is -0.462 e. The Morgan fingerprint density at radius 3 is 2.33 bits per heavy atom. The first-order chi connectivity index (χ1) is 10.1. The van der Waals surface area contributed by atoms with Gasteiger partial charge >= 0.3 is 5.97 Å². The van der Waals surface area contributed by atoms with E-state index in [2.05, 4.69) is 0 Å². The summed E-state index contributed by atoms with van der Waals surface area (Å²) in [7, 11) is 0. The van der Waals surface area contributed by atoms with Crippen LogP contribution in [0.5, 0.6) is 0 Å². The summed E-state index contributed by atoms with van der Waals surface area (Å²) in [6.07, 6.45) is 0.852. The Morgan fingerprint density at radius 2 is 1.76 bits per heavy atom. The lowest BCUT2D eigenvalue weighted by atomic mass is 10.1. The Labute approximate surface area is 123 Å². The highest BCUT2D eigenvalue weighted by molar-refractivity contribution is 5.94. The van der Waals surface area contributed by atoms with Crippen molar-refractivity contribution < 1.29 is 19.1 Å². The molecule has 0 bridgehead atoms. The van der Waals surface area contributed by atoms with E-state index in [1.54, 1.807) is 17.0 Å². The van der Waals surface area contributed by atoms with Crippen molar-refractivity contribution in [2.75, 3.05) is 13.1 Å². The lowest BCUT2D eigenvalue weighted by Crippen LogP contribution is -2.41. The highest BCUT2D eigenvalue weighted by Crippen LogP contribution is 2.17. The number of benzene rings is 1. The molecule has 2 rings (SSSR count). The Morgan fingerprint density at radius 1 is 1.14 bits per heavy atom. The van der Waals surface area contributed by atoms with Crippen LogP contribution in [0.15, 0.2) is 30.3 Å². The number of ether oxygens (including phenoxy) is 1. The summed E-state index contributed by atoms with van der Waals surface area (Å²) in [6, 6.07) is 9.13. The van der Waals surface area contributed by atoms with Gasteiger partial charge in [-0.05, 0) is 19.1 Å². The van der Waals surface area contributed by atoms with Gasteiger partial charge in [0.15, 0.2) is 0 Å². The number of carbonyl (C=O) groups is 3. The van der Waals surface area contributed by atoms with E-state index in [1.807, 2.05) is 18.2 Å². The van der Waals surface area contributed by atoms with Gasteiger partial charge in [0.25, 0.3) is 5.91 Å². The maximum atomic E-state index is 12.2. The molecule has 0 aromatic heterocycles. The van der Waals surface area contributed by atoms with Gasteiger partial charge in [0.1, 0.15) is 18.3 Å². The van der Waals surface area contributed by atoms with Gasteiger partial charge in [-0.1, -0.05) is 18.2 Å². The van der Waals surface area contributed by atoms with E-state index in [0.717, 1.165) is 0 Å². The summed E-state index contributed by atoms with van der Waals surface area (Å²) < 4.78 is 5.24. The number of esters is 1. The Hall–Kier alpha value is -2.17. The maximum Gasteiger partial charge on any atom is 0.313 e. The summed E-state index contributed by atoms with van der Waals surface area (Å²) in [4.78, 5) is 36.3. The van der Waals surface area contributed by atoms with Crippen LogP contribution in [0.4, 0.5) is 0 Å². The molecule has 1 aliphatic rings. The first-order valence-corrected chi connectivity index (χ1v) is 7.09.